The fraction of sp³-hybridized carbons (Fsp3) is 0.308. The summed E-state index contributed by atoms with van der Waals surface area (Å²) in [7, 11) is 0. The summed E-state index contributed by atoms with van der Waals surface area (Å²) in [5.74, 6) is 5.41. The van der Waals surface area contributed by atoms with E-state index < -0.39 is 0 Å². The third-order valence-electron chi connectivity index (χ3n) is 1.95. The molecule has 0 aliphatic heterocycles. The van der Waals surface area contributed by atoms with Crippen LogP contribution in [0, 0.1) is 18.8 Å². The summed E-state index contributed by atoms with van der Waals surface area (Å²) in [6.07, 6.45) is 0.121. The predicted molar refractivity (Wildman–Crippen MR) is 64.3 cm³/mol. The highest BCUT2D eigenvalue weighted by molar-refractivity contribution is 6.30. The lowest BCUT2D eigenvalue weighted by atomic mass is 10.1. The number of carbonyl (C=O) groups excluding carboxylic acids is 1. The molecule has 0 bridgehead atoms. The molecule has 0 aliphatic carbocycles. The predicted octanol–water partition coefficient (Wildman–Crippen LogP) is 2.95. The monoisotopic (exact) mass is 236 g/mol. The van der Waals surface area contributed by atoms with E-state index in [1.54, 1.807) is 13.0 Å². The molecule has 0 amide bonds. The zero-order valence-corrected chi connectivity index (χ0v) is 10.1. The molecule has 3 heteroatoms. The molecule has 0 heterocycles. The van der Waals surface area contributed by atoms with E-state index in [2.05, 4.69) is 11.8 Å². The lowest BCUT2D eigenvalue weighted by Gasteiger charge is -1.98. The van der Waals surface area contributed by atoms with Crippen LogP contribution in [0.1, 0.15) is 24.5 Å². The van der Waals surface area contributed by atoms with Gasteiger partial charge in [-0.25, -0.2) is 0 Å². The minimum Gasteiger partial charge on any atom is -0.465 e. The molecule has 0 aliphatic rings. The van der Waals surface area contributed by atoms with Crippen molar-refractivity contribution in [2.45, 2.75) is 20.3 Å². The topological polar surface area (TPSA) is 26.3 Å². The van der Waals surface area contributed by atoms with Crippen LogP contribution >= 0.6 is 11.6 Å². The highest BCUT2D eigenvalue weighted by Gasteiger charge is 1.98. The SMILES string of the molecule is CCOC(=O)CC#Cc1ccc(Cl)cc1C. The Hall–Kier alpha value is -1.46. The van der Waals surface area contributed by atoms with Gasteiger partial charge < -0.3 is 4.74 Å². The lowest BCUT2D eigenvalue weighted by Crippen LogP contribution is -2.01. The molecule has 0 unspecified atom stereocenters. The highest BCUT2D eigenvalue weighted by atomic mass is 35.5. The van der Waals surface area contributed by atoms with Crippen LogP contribution in [0.25, 0.3) is 0 Å². The second-order valence-electron chi connectivity index (χ2n) is 3.24. The van der Waals surface area contributed by atoms with Crippen molar-refractivity contribution in [3.05, 3.63) is 34.3 Å². The van der Waals surface area contributed by atoms with E-state index in [0.717, 1.165) is 11.1 Å². The molecule has 16 heavy (non-hydrogen) atoms. The number of rotatable bonds is 2. The van der Waals surface area contributed by atoms with Crippen LogP contribution < -0.4 is 0 Å². The zero-order chi connectivity index (χ0) is 12.0. The van der Waals surface area contributed by atoms with E-state index in [9.17, 15) is 4.79 Å². The van der Waals surface area contributed by atoms with E-state index >= 15 is 0 Å². The summed E-state index contributed by atoms with van der Waals surface area (Å²) < 4.78 is 4.77. The molecule has 0 N–H and O–H groups in total. The maximum Gasteiger partial charge on any atom is 0.317 e. The Morgan fingerprint density at radius 1 is 1.50 bits per heavy atom. The lowest BCUT2D eigenvalue weighted by molar-refractivity contribution is -0.141. The molecular weight excluding hydrogens is 224 g/mol. The van der Waals surface area contributed by atoms with Crippen molar-refractivity contribution in [3.63, 3.8) is 0 Å². The van der Waals surface area contributed by atoms with Crippen LogP contribution in [0.3, 0.4) is 0 Å². The van der Waals surface area contributed by atoms with Gasteiger partial charge >= 0.3 is 5.97 Å². The first kappa shape index (κ1) is 12.6. The van der Waals surface area contributed by atoms with Gasteiger partial charge in [0, 0.05) is 10.6 Å². The van der Waals surface area contributed by atoms with E-state index in [1.165, 1.54) is 0 Å². The first-order valence-corrected chi connectivity index (χ1v) is 5.42. The van der Waals surface area contributed by atoms with Gasteiger partial charge in [-0.3, -0.25) is 4.79 Å². The second kappa shape index (κ2) is 6.19. The average molecular weight is 237 g/mol. The van der Waals surface area contributed by atoms with Crippen molar-refractivity contribution in [2.24, 2.45) is 0 Å². The summed E-state index contributed by atoms with van der Waals surface area (Å²) in [4.78, 5) is 11.0. The number of hydrogen-bond acceptors (Lipinski definition) is 2. The summed E-state index contributed by atoms with van der Waals surface area (Å²) in [5, 5.41) is 0.688. The van der Waals surface area contributed by atoms with Crippen molar-refractivity contribution in [3.8, 4) is 11.8 Å². The molecule has 1 rings (SSSR count). The Morgan fingerprint density at radius 2 is 2.25 bits per heavy atom. The quantitative estimate of drug-likeness (QED) is 0.583. The van der Waals surface area contributed by atoms with Gasteiger partial charge in [0.15, 0.2) is 0 Å². The zero-order valence-electron chi connectivity index (χ0n) is 9.34. The standard InChI is InChI=1S/C13H13ClO2/c1-3-16-13(15)6-4-5-11-7-8-12(14)9-10(11)2/h7-9H,3,6H2,1-2H3. The second-order valence-corrected chi connectivity index (χ2v) is 3.68. The van der Waals surface area contributed by atoms with Gasteiger partial charge in [-0.15, -0.1) is 0 Å². The van der Waals surface area contributed by atoms with Gasteiger partial charge in [-0.1, -0.05) is 23.4 Å². The summed E-state index contributed by atoms with van der Waals surface area (Å²) in [6, 6.07) is 5.47. The summed E-state index contributed by atoms with van der Waals surface area (Å²) >= 11 is 5.82. The van der Waals surface area contributed by atoms with Crippen molar-refractivity contribution < 1.29 is 9.53 Å². The third-order valence-corrected chi connectivity index (χ3v) is 2.18. The Morgan fingerprint density at radius 3 is 2.88 bits per heavy atom. The first-order chi connectivity index (χ1) is 7.63. The van der Waals surface area contributed by atoms with E-state index in [1.807, 2.05) is 19.1 Å². The van der Waals surface area contributed by atoms with Gasteiger partial charge in [0.25, 0.3) is 0 Å². The summed E-state index contributed by atoms with van der Waals surface area (Å²) in [5.41, 5.74) is 1.89. The molecule has 0 saturated heterocycles. The van der Waals surface area contributed by atoms with E-state index in [0.29, 0.717) is 11.6 Å². The maximum atomic E-state index is 11.0. The number of hydrogen-bond donors (Lipinski definition) is 0. The van der Waals surface area contributed by atoms with Crippen LogP contribution in [0.15, 0.2) is 18.2 Å². The van der Waals surface area contributed by atoms with Gasteiger partial charge in [-0.05, 0) is 37.6 Å². The molecule has 0 aromatic heterocycles. The van der Waals surface area contributed by atoms with E-state index in [-0.39, 0.29) is 12.4 Å². The smallest absolute Gasteiger partial charge is 0.317 e. The number of ether oxygens (including phenoxy) is 1. The van der Waals surface area contributed by atoms with Gasteiger partial charge in [0.2, 0.25) is 0 Å². The Labute approximate surface area is 101 Å². The van der Waals surface area contributed by atoms with Crippen molar-refractivity contribution in [2.75, 3.05) is 6.61 Å². The summed E-state index contributed by atoms with van der Waals surface area (Å²) in [6.45, 7) is 4.09. The number of aryl methyl sites for hydroxylation is 1. The number of carbonyl (C=O) groups is 1. The Kier molecular flexibility index (Phi) is 4.88. The Bertz CT molecular complexity index is 441. The molecule has 2 nitrogen and oxygen atoms in total. The van der Waals surface area contributed by atoms with Gasteiger partial charge in [0.1, 0.15) is 6.42 Å². The number of esters is 1. The molecule has 0 spiro atoms. The number of halogens is 1. The minimum absolute atomic E-state index is 0.121. The molecular formula is C13H13ClO2. The van der Waals surface area contributed by atoms with Gasteiger partial charge in [-0.2, -0.15) is 0 Å². The molecule has 0 atom stereocenters. The molecule has 0 fully saturated rings. The van der Waals surface area contributed by atoms with Crippen LogP contribution in [0.4, 0.5) is 0 Å². The van der Waals surface area contributed by atoms with Crippen LogP contribution in [-0.2, 0) is 9.53 Å². The maximum absolute atomic E-state index is 11.0. The molecule has 1 aromatic rings. The first-order valence-electron chi connectivity index (χ1n) is 5.04. The fourth-order valence-electron chi connectivity index (χ4n) is 1.19. The Balaban J connectivity index is 2.66. The largest absolute Gasteiger partial charge is 0.465 e. The molecule has 84 valence electrons. The number of benzene rings is 1. The molecule has 0 radical (unpaired) electrons. The molecule has 0 saturated carbocycles. The average Bonchev–Trinajstić information content (AvgIpc) is 2.22. The normalized spacial score (nSPS) is 9.19. The van der Waals surface area contributed by atoms with Crippen molar-refractivity contribution >= 4 is 17.6 Å². The fourth-order valence-corrected chi connectivity index (χ4v) is 1.42. The minimum atomic E-state index is -0.290. The van der Waals surface area contributed by atoms with Crippen molar-refractivity contribution in [1.29, 1.82) is 0 Å². The highest BCUT2D eigenvalue weighted by Crippen LogP contribution is 2.14. The van der Waals surface area contributed by atoms with Crippen LogP contribution in [0.5, 0.6) is 0 Å². The molecule has 1 aromatic carbocycles. The van der Waals surface area contributed by atoms with Gasteiger partial charge in [0.05, 0.1) is 6.61 Å². The van der Waals surface area contributed by atoms with E-state index in [4.69, 9.17) is 16.3 Å². The van der Waals surface area contributed by atoms with Crippen LogP contribution in [-0.4, -0.2) is 12.6 Å². The van der Waals surface area contributed by atoms with Crippen molar-refractivity contribution in [1.82, 2.24) is 0 Å². The van der Waals surface area contributed by atoms with Crippen LogP contribution in [0.2, 0.25) is 5.02 Å². The third kappa shape index (κ3) is 3.96.